The van der Waals surface area contributed by atoms with Crippen LogP contribution in [0.2, 0.25) is 0 Å². The van der Waals surface area contributed by atoms with Gasteiger partial charge in [-0.2, -0.15) is 0 Å². The van der Waals surface area contributed by atoms with E-state index in [2.05, 4.69) is 27.4 Å². The fourth-order valence-electron chi connectivity index (χ4n) is 3.91. The Morgan fingerprint density at radius 2 is 1.85 bits per heavy atom. The maximum atomic E-state index is 12.9. The molecule has 0 saturated heterocycles. The van der Waals surface area contributed by atoms with Crippen LogP contribution >= 0.6 is 11.8 Å². The molecule has 3 heterocycles. The molecule has 0 bridgehead atoms. The summed E-state index contributed by atoms with van der Waals surface area (Å²) in [5.74, 6) is 0.0477. The molecule has 0 saturated carbocycles. The fraction of sp³-hybridized carbons (Fsp3) is 0.143. The van der Waals surface area contributed by atoms with Gasteiger partial charge in [0.25, 0.3) is 0 Å². The Morgan fingerprint density at radius 1 is 0.971 bits per heavy atom. The molecule has 1 aliphatic heterocycles. The second-order valence-electron chi connectivity index (χ2n) is 8.12. The molecule has 34 heavy (non-hydrogen) atoms. The molecule has 5 rings (SSSR count). The summed E-state index contributed by atoms with van der Waals surface area (Å²) < 4.78 is 0. The molecule has 4 aromatic rings. The van der Waals surface area contributed by atoms with E-state index < -0.39 is 0 Å². The zero-order valence-electron chi connectivity index (χ0n) is 18.9. The first-order valence-electron chi connectivity index (χ1n) is 11.2. The third-order valence-electron chi connectivity index (χ3n) is 5.71. The van der Waals surface area contributed by atoms with Crippen molar-refractivity contribution >= 4 is 28.9 Å². The zero-order valence-corrected chi connectivity index (χ0v) is 19.7. The summed E-state index contributed by atoms with van der Waals surface area (Å²) in [6.07, 6.45) is 6.24. The van der Waals surface area contributed by atoms with Crippen LogP contribution in [0.4, 0.5) is 5.69 Å². The molecule has 168 valence electrons. The van der Waals surface area contributed by atoms with Crippen LogP contribution in [0.25, 0.3) is 0 Å². The molecule has 2 aromatic carbocycles. The summed E-state index contributed by atoms with van der Waals surface area (Å²) in [7, 11) is 0. The quantitative estimate of drug-likeness (QED) is 0.257. The van der Waals surface area contributed by atoms with Crippen molar-refractivity contribution in [3.05, 3.63) is 113 Å². The van der Waals surface area contributed by atoms with Crippen molar-refractivity contribution in [2.75, 3.05) is 13.1 Å². The van der Waals surface area contributed by atoms with Crippen molar-refractivity contribution < 1.29 is 4.79 Å². The maximum Gasteiger partial charge on any atom is 0.176 e. The van der Waals surface area contributed by atoms with Crippen LogP contribution in [0, 0.1) is 6.92 Å². The SMILES string of the molecule is Cc1cccnc1C1=Nc2cc(C(=O)CNCCc3cccnc3)ccc2Sc2ccccc21. The van der Waals surface area contributed by atoms with Gasteiger partial charge in [-0.1, -0.05) is 48.2 Å². The summed E-state index contributed by atoms with van der Waals surface area (Å²) in [4.78, 5) is 28.9. The molecular weight excluding hydrogens is 440 g/mol. The summed E-state index contributed by atoms with van der Waals surface area (Å²) in [5.41, 5.74) is 6.40. The normalized spacial score (nSPS) is 12.3. The monoisotopic (exact) mass is 464 g/mol. The first-order valence-corrected chi connectivity index (χ1v) is 12.1. The van der Waals surface area contributed by atoms with E-state index in [1.807, 2.05) is 67.7 Å². The van der Waals surface area contributed by atoms with Crippen LogP contribution in [0.3, 0.4) is 0 Å². The van der Waals surface area contributed by atoms with Crippen molar-refractivity contribution in [1.29, 1.82) is 0 Å². The third kappa shape index (κ3) is 4.83. The summed E-state index contributed by atoms with van der Waals surface area (Å²) >= 11 is 1.67. The molecule has 1 aliphatic rings. The van der Waals surface area contributed by atoms with Gasteiger partial charge in [0.2, 0.25) is 0 Å². The minimum Gasteiger partial charge on any atom is -0.309 e. The minimum atomic E-state index is 0.0477. The van der Waals surface area contributed by atoms with E-state index in [1.54, 1.807) is 24.2 Å². The van der Waals surface area contributed by atoms with Crippen LogP contribution in [-0.2, 0) is 6.42 Å². The van der Waals surface area contributed by atoms with E-state index in [0.29, 0.717) is 5.56 Å². The number of aryl methyl sites for hydroxylation is 1. The van der Waals surface area contributed by atoms with Gasteiger partial charge >= 0.3 is 0 Å². The number of pyridine rings is 2. The maximum absolute atomic E-state index is 12.9. The number of carbonyl (C=O) groups excluding carboxylic acids is 1. The number of benzene rings is 2. The summed E-state index contributed by atoms with van der Waals surface area (Å²) in [6.45, 7) is 3.04. The number of aromatic nitrogens is 2. The lowest BCUT2D eigenvalue weighted by Gasteiger charge is -2.10. The molecule has 0 spiro atoms. The molecule has 2 aromatic heterocycles. The summed E-state index contributed by atoms with van der Waals surface area (Å²) in [5, 5.41) is 3.25. The van der Waals surface area contributed by atoms with Gasteiger partial charge < -0.3 is 5.32 Å². The highest BCUT2D eigenvalue weighted by Gasteiger charge is 2.21. The van der Waals surface area contributed by atoms with E-state index in [1.165, 1.54) is 0 Å². The van der Waals surface area contributed by atoms with Gasteiger partial charge in [0.1, 0.15) is 0 Å². The molecule has 0 atom stereocenters. The average Bonchev–Trinajstić information content (AvgIpc) is 3.03. The standard InChI is InChI=1S/C28H24N4OS/c1-19-6-4-14-31-27(19)28-22-8-2-3-9-25(22)34-26-11-10-21(16-23(26)32-28)24(33)18-30-15-12-20-7-5-13-29-17-20/h2-11,13-14,16-17,30H,12,15,18H2,1H3. The van der Waals surface area contributed by atoms with Crippen molar-refractivity contribution in [3.63, 3.8) is 0 Å². The first-order chi connectivity index (χ1) is 16.7. The van der Waals surface area contributed by atoms with Gasteiger partial charge in [0, 0.05) is 39.5 Å². The predicted octanol–water partition coefficient (Wildman–Crippen LogP) is 5.43. The highest BCUT2D eigenvalue weighted by atomic mass is 32.2. The molecule has 0 amide bonds. The van der Waals surface area contributed by atoms with Crippen molar-refractivity contribution in [1.82, 2.24) is 15.3 Å². The summed E-state index contributed by atoms with van der Waals surface area (Å²) in [6, 6.07) is 22.0. The number of hydrogen-bond acceptors (Lipinski definition) is 6. The van der Waals surface area contributed by atoms with Crippen molar-refractivity contribution in [3.8, 4) is 0 Å². The number of carbonyl (C=O) groups is 1. The molecular formula is C28H24N4OS. The van der Waals surface area contributed by atoms with Gasteiger partial charge in [0.05, 0.1) is 23.6 Å². The lowest BCUT2D eigenvalue weighted by atomic mass is 10.0. The third-order valence-corrected chi connectivity index (χ3v) is 6.85. The Bertz CT molecular complexity index is 1370. The molecule has 0 radical (unpaired) electrons. The van der Waals surface area contributed by atoms with E-state index >= 15 is 0 Å². The average molecular weight is 465 g/mol. The largest absolute Gasteiger partial charge is 0.309 e. The molecule has 6 heteroatoms. The molecule has 0 unspecified atom stereocenters. The van der Waals surface area contributed by atoms with Gasteiger partial charge in [-0.15, -0.1) is 0 Å². The lowest BCUT2D eigenvalue weighted by molar-refractivity contribution is 0.0991. The molecule has 0 fully saturated rings. The van der Waals surface area contributed by atoms with E-state index in [-0.39, 0.29) is 12.3 Å². The second-order valence-corrected chi connectivity index (χ2v) is 9.21. The van der Waals surface area contributed by atoms with Crippen LogP contribution < -0.4 is 5.32 Å². The van der Waals surface area contributed by atoms with Gasteiger partial charge in [-0.25, -0.2) is 4.99 Å². The van der Waals surface area contributed by atoms with Crippen LogP contribution in [0.5, 0.6) is 0 Å². The van der Waals surface area contributed by atoms with Gasteiger partial charge in [-0.3, -0.25) is 14.8 Å². The molecule has 1 N–H and O–H groups in total. The van der Waals surface area contributed by atoms with Crippen LogP contribution in [0.1, 0.15) is 32.7 Å². The topological polar surface area (TPSA) is 67.2 Å². The highest BCUT2D eigenvalue weighted by molar-refractivity contribution is 7.99. The zero-order chi connectivity index (χ0) is 23.3. The Labute approximate surface area is 203 Å². The van der Waals surface area contributed by atoms with Crippen molar-refractivity contribution in [2.45, 2.75) is 23.1 Å². The predicted molar refractivity (Wildman–Crippen MR) is 136 cm³/mol. The van der Waals surface area contributed by atoms with Crippen molar-refractivity contribution in [2.24, 2.45) is 4.99 Å². The first kappa shape index (κ1) is 22.2. The second kappa shape index (κ2) is 10.1. The number of rotatable bonds is 7. The minimum absolute atomic E-state index is 0.0477. The Morgan fingerprint density at radius 3 is 2.71 bits per heavy atom. The number of nitrogens with zero attached hydrogens (tertiary/aromatic N) is 3. The number of aliphatic imine (C=N–C) groups is 1. The fourth-order valence-corrected chi connectivity index (χ4v) is 4.92. The van der Waals surface area contributed by atoms with E-state index in [9.17, 15) is 4.79 Å². The highest BCUT2D eigenvalue weighted by Crippen LogP contribution is 2.41. The smallest absolute Gasteiger partial charge is 0.176 e. The van der Waals surface area contributed by atoms with Crippen LogP contribution in [0.15, 0.2) is 100 Å². The van der Waals surface area contributed by atoms with E-state index in [0.717, 1.165) is 56.5 Å². The molecule has 5 nitrogen and oxygen atoms in total. The molecule has 0 aliphatic carbocycles. The van der Waals surface area contributed by atoms with Crippen LogP contribution in [-0.4, -0.2) is 34.6 Å². The Balaban J connectivity index is 1.40. The number of fused-ring (bicyclic) bond motifs is 2. The van der Waals surface area contributed by atoms with Gasteiger partial charge in [-0.05, 0) is 61.3 Å². The Hall–Kier alpha value is -3.61. The number of nitrogens with one attached hydrogen (secondary N) is 1. The lowest BCUT2D eigenvalue weighted by Crippen LogP contribution is -2.25. The van der Waals surface area contributed by atoms with E-state index in [4.69, 9.17) is 4.99 Å². The Kier molecular flexibility index (Phi) is 6.60. The number of hydrogen-bond donors (Lipinski definition) is 1. The van der Waals surface area contributed by atoms with Gasteiger partial charge in [0.15, 0.2) is 5.78 Å². The number of Topliss-reactive ketones (excluding diaryl/α,β-unsaturated/α-hetero) is 1. The number of ketones is 1.